The van der Waals surface area contributed by atoms with Gasteiger partial charge in [-0.15, -0.1) is 0 Å². The topological polar surface area (TPSA) is 83.5 Å². The minimum atomic E-state index is -0.991. The second-order valence-corrected chi connectivity index (χ2v) is 4.08. The summed E-state index contributed by atoms with van der Waals surface area (Å²) in [6.45, 7) is 0.335. The smallest absolute Gasteiger partial charge is 0.303 e. The maximum Gasteiger partial charge on any atom is 0.303 e. The zero-order chi connectivity index (χ0) is 10.3. The molecule has 0 aromatic heterocycles. The Balaban J connectivity index is 3.41. The number of carboxylic acid groups (broad SMARTS) is 1. The number of carboxylic acids is 1. The molecule has 0 aliphatic heterocycles. The van der Waals surface area contributed by atoms with Crippen LogP contribution in [0.15, 0.2) is 0 Å². The number of carbonyl (C=O) groups is 2. The molecule has 76 valence electrons. The summed E-state index contributed by atoms with van der Waals surface area (Å²) in [5.41, 5.74) is 0. The molecule has 0 fully saturated rings. The SMILES string of the molecule is CS(=O)CCNC(=O)CCC(=O)O. The van der Waals surface area contributed by atoms with E-state index in [9.17, 15) is 13.8 Å². The van der Waals surface area contributed by atoms with E-state index >= 15 is 0 Å². The molecule has 0 radical (unpaired) electrons. The Labute approximate surface area is 79.0 Å². The van der Waals surface area contributed by atoms with Crippen molar-refractivity contribution in [2.45, 2.75) is 12.8 Å². The number of carbonyl (C=O) groups excluding carboxylic acids is 1. The third-order valence-electron chi connectivity index (χ3n) is 1.28. The fourth-order valence-electron chi connectivity index (χ4n) is 0.643. The summed E-state index contributed by atoms with van der Waals surface area (Å²) in [6.07, 6.45) is 1.36. The highest BCUT2D eigenvalue weighted by atomic mass is 32.2. The first kappa shape index (κ1) is 12.1. The molecular formula is C7H13NO4S. The van der Waals surface area contributed by atoms with Crippen molar-refractivity contribution in [3.05, 3.63) is 0 Å². The molecule has 1 amide bonds. The summed E-state index contributed by atoms with van der Waals surface area (Å²) >= 11 is 0. The normalized spacial score (nSPS) is 12.1. The van der Waals surface area contributed by atoms with Crippen LogP contribution < -0.4 is 5.32 Å². The first-order chi connectivity index (χ1) is 6.02. The van der Waals surface area contributed by atoms with Crippen LogP contribution in [0.3, 0.4) is 0 Å². The largest absolute Gasteiger partial charge is 0.481 e. The van der Waals surface area contributed by atoms with Crippen LogP contribution in [0.5, 0.6) is 0 Å². The highest BCUT2D eigenvalue weighted by Crippen LogP contribution is 1.87. The predicted octanol–water partition coefficient (Wildman–Crippen LogP) is -0.654. The van der Waals surface area contributed by atoms with Crippen molar-refractivity contribution in [2.24, 2.45) is 0 Å². The highest BCUT2D eigenvalue weighted by Gasteiger charge is 2.04. The average molecular weight is 207 g/mol. The molecule has 1 atom stereocenters. The van der Waals surface area contributed by atoms with Crippen molar-refractivity contribution >= 4 is 22.7 Å². The fraction of sp³-hybridized carbons (Fsp3) is 0.714. The van der Waals surface area contributed by atoms with Crippen molar-refractivity contribution < 1.29 is 18.9 Å². The van der Waals surface area contributed by atoms with Crippen molar-refractivity contribution in [3.63, 3.8) is 0 Å². The van der Waals surface area contributed by atoms with E-state index in [4.69, 9.17) is 5.11 Å². The zero-order valence-corrected chi connectivity index (χ0v) is 8.23. The lowest BCUT2D eigenvalue weighted by molar-refractivity contribution is -0.138. The number of hydrogen-bond acceptors (Lipinski definition) is 3. The van der Waals surface area contributed by atoms with Crippen LogP contribution in [-0.2, 0) is 20.4 Å². The van der Waals surface area contributed by atoms with Crippen molar-refractivity contribution in [1.29, 1.82) is 0 Å². The van der Waals surface area contributed by atoms with Gasteiger partial charge in [-0.3, -0.25) is 13.8 Å². The summed E-state index contributed by atoms with van der Waals surface area (Å²) in [4.78, 5) is 20.9. The summed E-state index contributed by atoms with van der Waals surface area (Å²) in [7, 11) is -0.926. The lowest BCUT2D eigenvalue weighted by atomic mass is 10.3. The Morgan fingerprint density at radius 1 is 1.38 bits per heavy atom. The molecule has 0 aliphatic rings. The lowest BCUT2D eigenvalue weighted by Crippen LogP contribution is -2.27. The van der Waals surface area contributed by atoms with Crippen LogP contribution in [0.25, 0.3) is 0 Å². The van der Waals surface area contributed by atoms with E-state index < -0.39 is 16.8 Å². The fourth-order valence-corrected chi connectivity index (χ4v) is 1.03. The van der Waals surface area contributed by atoms with Gasteiger partial charge in [-0.1, -0.05) is 0 Å². The average Bonchev–Trinajstić information content (AvgIpc) is 2.00. The standard InChI is InChI=1S/C7H13NO4S/c1-13(12)5-4-8-6(9)2-3-7(10)11/h2-5H2,1H3,(H,8,9)(H,10,11). The van der Waals surface area contributed by atoms with Gasteiger partial charge in [0.15, 0.2) is 0 Å². The molecule has 0 rings (SSSR count). The molecule has 0 bridgehead atoms. The third-order valence-corrected chi connectivity index (χ3v) is 2.06. The molecule has 6 heteroatoms. The first-order valence-electron chi connectivity index (χ1n) is 3.81. The molecule has 0 aliphatic carbocycles. The van der Waals surface area contributed by atoms with Crippen LogP contribution in [0, 0.1) is 0 Å². The summed E-state index contributed by atoms with van der Waals surface area (Å²) in [6, 6.07) is 0. The molecule has 0 aromatic carbocycles. The van der Waals surface area contributed by atoms with Gasteiger partial charge in [0.1, 0.15) is 0 Å². The van der Waals surface area contributed by atoms with Crippen LogP contribution in [0.2, 0.25) is 0 Å². The zero-order valence-electron chi connectivity index (χ0n) is 7.41. The van der Waals surface area contributed by atoms with Gasteiger partial charge in [0.25, 0.3) is 0 Å². The third kappa shape index (κ3) is 9.00. The van der Waals surface area contributed by atoms with Crippen LogP contribution in [-0.4, -0.2) is 39.7 Å². The van der Waals surface area contributed by atoms with Crippen molar-refractivity contribution in [2.75, 3.05) is 18.6 Å². The van der Waals surface area contributed by atoms with Gasteiger partial charge in [0, 0.05) is 35.8 Å². The van der Waals surface area contributed by atoms with Gasteiger partial charge in [0.2, 0.25) is 5.91 Å². The maximum atomic E-state index is 10.9. The van der Waals surface area contributed by atoms with E-state index in [1.807, 2.05) is 0 Å². The maximum absolute atomic E-state index is 10.9. The van der Waals surface area contributed by atoms with Crippen LogP contribution >= 0.6 is 0 Å². The number of nitrogens with one attached hydrogen (secondary N) is 1. The monoisotopic (exact) mass is 207 g/mol. The molecule has 13 heavy (non-hydrogen) atoms. The second kappa shape index (κ2) is 6.59. The lowest BCUT2D eigenvalue weighted by Gasteiger charge is -2.01. The first-order valence-corrected chi connectivity index (χ1v) is 5.53. The molecule has 0 saturated heterocycles. The van der Waals surface area contributed by atoms with E-state index in [-0.39, 0.29) is 18.7 Å². The summed E-state index contributed by atoms with van der Waals surface area (Å²) in [5.74, 6) is -0.902. The Hall–Kier alpha value is -0.910. The Morgan fingerprint density at radius 3 is 2.46 bits per heavy atom. The van der Waals surface area contributed by atoms with E-state index in [2.05, 4.69) is 5.32 Å². The Morgan fingerprint density at radius 2 is 2.00 bits per heavy atom. The Bertz CT molecular complexity index is 217. The van der Waals surface area contributed by atoms with Crippen LogP contribution in [0.1, 0.15) is 12.8 Å². The van der Waals surface area contributed by atoms with E-state index in [0.29, 0.717) is 12.3 Å². The Kier molecular flexibility index (Phi) is 6.13. The van der Waals surface area contributed by atoms with Gasteiger partial charge >= 0.3 is 5.97 Å². The predicted molar refractivity (Wildman–Crippen MR) is 48.8 cm³/mol. The van der Waals surface area contributed by atoms with E-state index in [1.54, 1.807) is 6.26 Å². The van der Waals surface area contributed by atoms with Gasteiger partial charge < -0.3 is 10.4 Å². The second-order valence-electron chi connectivity index (χ2n) is 2.52. The quantitative estimate of drug-likeness (QED) is 0.606. The molecular weight excluding hydrogens is 194 g/mol. The minimum Gasteiger partial charge on any atom is -0.481 e. The van der Waals surface area contributed by atoms with Gasteiger partial charge in [0.05, 0.1) is 6.42 Å². The summed E-state index contributed by atoms with van der Waals surface area (Å²) < 4.78 is 10.6. The van der Waals surface area contributed by atoms with Gasteiger partial charge in [-0.2, -0.15) is 0 Å². The van der Waals surface area contributed by atoms with E-state index in [1.165, 1.54) is 0 Å². The van der Waals surface area contributed by atoms with Crippen molar-refractivity contribution in [3.8, 4) is 0 Å². The highest BCUT2D eigenvalue weighted by molar-refractivity contribution is 7.84. The molecule has 0 spiro atoms. The molecule has 0 aromatic rings. The van der Waals surface area contributed by atoms with Crippen LogP contribution in [0.4, 0.5) is 0 Å². The molecule has 0 saturated carbocycles. The van der Waals surface area contributed by atoms with Gasteiger partial charge in [-0.05, 0) is 0 Å². The number of amides is 1. The van der Waals surface area contributed by atoms with Gasteiger partial charge in [-0.25, -0.2) is 0 Å². The van der Waals surface area contributed by atoms with E-state index in [0.717, 1.165) is 0 Å². The number of hydrogen-bond donors (Lipinski definition) is 2. The summed E-state index contributed by atoms with van der Waals surface area (Å²) in [5, 5.41) is 10.7. The molecule has 1 unspecified atom stereocenters. The van der Waals surface area contributed by atoms with Crippen molar-refractivity contribution in [1.82, 2.24) is 5.32 Å². The number of aliphatic carboxylic acids is 1. The molecule has 2 N–H and O–H groups in total. The number of rotatable bonds is 6. The minimum absolute atomic E-state index is 0.0221. The molecule has 5 nitrogen and oxygen atoms in total. The molecule has 0 heterocycles.